The molecule has 0 bridgehead atoms. The average Bonchev–Trinajstić information content (AvgIpc) is 3.57. The van der Waals surface area contributed by atoms with Gasteiger partial charge in [0.15, 0.2) is 0 Å². The van der Waals surface area contributed by atoms with Gasteiger partial charge in [-0.15, -0.1) is 0 Å². The summed E-state index contributed by atoms with van der Waals surface area (Å²) < 4.78 is 13.8. The summed E-state index contributed by atoms with van der Waals surface area (Å²) in [5, 5.41) is 15.4. The van der Waals surface area contributed by atoms with Crippen molar-refractivity contribution in [1.29, 1.82) is 0 Å². The molecule has 0 saturated heterocycles. The highest BCUT2D eigenvalue weighted by atomic mass is 16.5. The first-order chi connectivity index (χ1) is 16.0. The van der Waals surface area contributed by atoms with E-state index in [1.807, 2.05) is 67.1 Å². The van der Waals surface area contributed by atoms with Gasteiger partial charge in [-0.3, -0.25) is 4.90 Å². The number of aliphatic hydroxyl groups excluding tert-OH is 1. The van der Waals surface area contributed by atoms with Crippen molar-refractivity contribution >= 4 is 0 Å². The molecule has 176 valence electrons. The standard InChI is InChI=1S/C27H35N3O3/c1-4-32-19-24(31)17-29(16-22-13-14-22)18-26-21(3)28-30(23-10-6-5-7-11-23)27(26)33-25-12-8-9-20(2)15-25/h5-12,15,22,24,31H,4,13-14,16-19H2,1-3H3/t24-/m0/s1. The Labute approximate surface area is 196 Å². The van der Waals surface area contributed by atoms with E-state index in [4.69, 9.17) is 14.6 Å². The summed E-state index contributed by atoms with van der Waals surface area (Å²) >= 11 is 0. The van der Waals surface area contributed by atoms with Crippen LogP contribution >= 0.6 is 0 Å². The van der Waals surface area contributed by atoms with Gasteiger partial charge >= 0.3 is 0 Å². The molecule has 0 unspecified atom stereocenters. The first-order valence-corrected chi connectivity index (χ1v) is 11.9. The van der Waals surface area contributed by atoms with Crippen molar-refractivity contribution in [1.82, 2.24) is 14.7 Å². The summed E-state index contributed by atoms with van der Waals surface area (Å²) in [7, 11) is 0. The Morgan fingerprint density at radius 3 is 2.61 bits per heavy atom. The predicted molar refractivity (Wildman–Crippen MR) is 130 cm³/mol. The van der Waals surface area contributed by atoms with E-state index < -0.39 is 6.10 Å². The molecule has 6 nitrogen and oxygen atoms in total. The normalized spacial score (nSPS) is 14.6. The molecule has 1 atom stereocenters. The van der Waals surface area contributed by atoms with Crippen molar-refractivity contribution in [2.75, 3.05) is 26.3 Å². The second-order valence-electron chi connectivity index (χ2n) is 8.99. The lowest BCUT2D eigenvalue weighted by atomic mass is 10.2. The molecular formula is C27H35N3O3. The van der Waals surface area contributed by atoms with E-state index in [-0.39, 0.29) is 0 Å². The third-order valence-corrected chi connectivity index (χ3v) is 5.92. The fourth-order valence-corrected chi connectivity index (χ4v) is 4.06. The first-order valence-electron chi connectivity index (χ1n) is 11.9. The van der Waals surface area contributed by atoms with Crippen LogP contribution in [0.2, 0.25) is 0 Å². The highest BCUT2D eigenvalue weighted by molar-refractivity contribution is 5.43. The molecule has 0 spiro atoms. The summed E-state index contributed by atoms with van der Waals surface area (Å²) in [6, 6.07) is 18.2. The molecule has 3 aromatic rings. The number of rotatable bonds is 12. The Balaban J connectivity index is 1.65. The SMILES string of the molecule is CCOC[C@@H](O)CN(Cc1c(C)nn(-c2ccccc2)c1Oc1cccc(C)c1)CC1CC1. The maximum Gasteiger partial charge on any atom is 0.227 e. The van der Waals surface area contributed by atoms with E-state index in [0.29, 0.717) is 32.2 Å². The van der Waals surface area contributed by atoms with Gasteiger partial charge in [0.1, 0.15) is 5.75 Å². The largest absolute Gasteiger partial charge is 0.439 e. The number of ether oxygens (including phenoxy) is 2. The van der Waals surface area contributed by atoms with Crippen molar-refractivity contribution in [3.05, 3.63) is 71.4 Å². The Morgan fingerprint density at radius 1 is 1.12 bits per heavy atom. The van der Waals surface area contributed by atoms with E-state index in [2.05, 4.69) is 17.9 Å². The van der Waals surface area contributed by atoms with Crippen LogP contribution in [0.3, 0.4) is 0 Å². The molecule has 4 rings (SSSR count). The van der Waals surface area contributed by atoms with Gasteiger partial charge in [-0.05, 0) is 69.4 Å². The molecule has 0 amide bonds. The van der Waals surface area contributed by atoms with Crippen molar-refractivity contribution in [2.24, 2.45) is 5.92 Å². The Hall–Kier alpha value is -2.67. The lowest BCUT2D eigenvalue weighted by molar-refractivity contribution is 0.0186. The van der Waals surface area contributed by atoms with Crippen LogP contribution in [0.1, 0.15) is 36.6 Å². The van der Waals surface area contributed by atoms with E-state index in [9.17, 15) is 5.11 Å². The molecule has 33 heavy (non-hydrogen) atoms. The van der Waals surface area contributed by atoms with Crippen LogP contribution in [0, 0.1) is 19.8 Å². The van der Waals surface area contributed by atoms with Crippen LogP contribution in [-0.4, -0.2) is 52.2 Å². The molecule has 1 aliphatic carbocycles. The van der Waals surface area contributed by atoms with Crippen LogP contribution in [0.4, 0.5) is 0 Å². The lowest BCUT2D eigenvalue weighted by Crippen LogP contribution is -2.36. The number of benzene rings is 2. The summed E-state index contributed by atoms with van der Waals surface area (Å²) in [6.45, 7) is 9.20. The quantitative estimate of drug-likeness (QED) is 0.427. The van der Waals surface area contributed by atoms with Gasteiger partial charge in [0.25, 0.3) is 0 Å². The number of para-hydroxylation sites is 1. The van der Waals surface area contributed by atoms with Crippen molar-refractivity contribution in [3.63, 3.8) is 0 Å². The van der Waals surface area contributed by atoms with E-state index in [0.717, 1.165) is 40.7 Å². The minimum atomic E-state index is -0.519. The zero-order valence-electron chi connectivity index (χ0n) is 19.9. The first kappa shape index (κ1) is 23.5. The molecule has 1 heterocycles. The monoisotopic (exact) mass is 449 g/mol. The van der Waals surface area contributed by atoms with Gasteiger partial charge in [0.2, 0.25) is 5.88 Å². The topological polar surface area (TPSA) is 59.8 Å². The van der Waals surface area contributed by atoms with E-state index in [1.165, 1.54) is 12.8 Å². The zero-order valence-corrected chi connectivity index (χ0v) is 19.9. The summed E-state index contributed by atoms with van der Waals surface area (Å²) in [4.78, 5) is 2.32. The Morgan fingerprint density at radius 2 is 1.91 bits per heavy atom. The number of hydrogen-bond acceptors (Lipinski definition) is 5. The third-order valence-electron chi connectivity index (χ3n) is 5.92. The van der Waals surface area contributed by atoms with Gasteiger partial charge in [-0.25, -0.2) is 4.68 Å². The lowest BCUT2D eigenvalue weighted by Gasteiger charge is -2.25. The van der Waals surface area contributed by atoms with Crippen molar-refractivity contribution in [3.8, 4) is 17.3 Å². The van der Waals surface area contributed by atoms with E-state index >= 15 is 0 Å². The highest BCUT2D eigenvalue weighted by Crippen LogP contribution is 2.34. The fourth-order valence-electron chi connectivity index (χ4n) is 4.06. The number of aromatic nitrogens is 2. The van der Waals surface area contributed by atoms with Crippen molar-refractivity contribution in [2.45, 2.75) is 46.3 Å². The summed E-state index contributed by atoms with van der Waals surface area (Å²) in [6.07, 6.45) is 1.99. The number of aliphatic hydroxyl groups is 1. The van der Waals surface area contributed by atoms with Crippen LogP contribution in [-0.2, 0) is 11.3 Å². The predicted octanol–water partition coefficient (Wildman–Crippen LogP) is 4.89. The minimum Gasteiger partial charge on any atom is -0.439 e. The van der Waals surface area contributed by atoms with Crippen LogP contribution in [0.5, 0.6) is 11.6 Å². The van der Waals surface area contributed by atoms with Crippen LogP contribution in [0.25, 0.3) is 5.69 Å². The zero-order chi connectivity index (χ0) is 23.2. The van der Waals surface area contributed by atoms with Crippen molar-refractivity contribution < 1.29 is 14.6 Å². The molecule has 1 saturated carbocycles. The molecule has 1 aromatic heterocycles. The molecular weight excluding hydrogens is 414 g/mol. The number of hydrogen-bond donors (Lipinski definition) is 1. The maximum absolute atomic E-state index is 10.5. The molecule has 0 aliphatic heterocycles. The van der Waals surface area contributed by atoms with Gasteiger partial charge < -0.3 is 14.6 Å². The molecule has 1 fully saturated rings. The summed E-state index contributed by atoms with van der Waals surface area (Å²) in [5.74, 6) is 2.22. The smallest absolute Gasteiger partial charge is 0.227 e. The average molecular weight is 450 g/mol. The second kappa shape index (κ2) is 11.0. The third kappa shape index (κ3) is 6.44. The van der Waals surface area contributed by atoms with Gasteiger partial charge in [-0.1, -0.05) is 30.3 Å². The molecule has 2 aromatic carbocycles. The van der Waals surface area contributed by atoms with Crippen LogP contribution in [0.15, 0.2) is 54.6 Å². The number of aryl methyl sites for hydroxylation is 2. The molecule has 6 heteroatoms. The van der Waals surface area contributed by atoms with E-state index in [1.54, 1.807) is 0 Å². The summed E-state index contributed by atoms with van der Waals surface area (Å²) in [5.41, 5.74) is 4.08. The minimum absolute atomic E-state index is 0.354. The Kier molecular flexibility index (Phi) is 7.81. The maximum atomic E-state index is 10.5. The molecule has 0 radical (unpaired) electrons. The Bertz CT molecular complexity index is 1030. The highest BCUT2D eigenvalue weighted by Gasteiger charge is 2.28. The second-order valence-corrected chi connectivity index (χ2v) is 8.99. The number of nitrogens with zero attached hydrogens (tertiary/aromatic N) is 3. The van der Waals surface area contributed by atoms with Gasteiger partial charge in [0, 0.05) is 26.2 Å². The molecule has 1 aliphatic rings. The fraction of sp³-hybridized carbons (Fsp3) is 0.444. The van der Waals surface area contributed by atoms with Gasteiger partial charge in [0.05, 0.1) is 29.7 Å². The van der Waals surface area contributed by atoms with Gasteiger partial charge in [-0.2, -0.15) is 5.10 Å². The van der Waals surface area contributed by atoms with Crippen LogP contribution < -0.4 is 4.74 Å². The molecule has 1 N–H and O–H groups in total.